The van der Waals surface area contributed by atoms with Crippen LogP contribution in [0.5, 0.6) is 11.8 Å². The third kappa shape index (κ3) is 3.22. The maximum Gasteiger partial charge on any atom is 0.244 e. The van der Waals surface area contributed by atoms with Gasteiger partial charge in [0.2, 0.25) is 11.8 Å². The Morgan fingerprint density at radius 1 is 1.22 bits per heavy atom. The van der Waals surface area contributed by atoms with Crippen molar-refractivity contribution in [1.29, 1.82) is 0 Å². The zero-order chi connectivity index (χ0) is 12.8. The predicted molar refractivity (Wildman–Crippen MR) is 68.8 cm³/mol. The van der Waals surface area contributed by atoms with Crippen LogP contribution in [0.15, 0.2) is 6.33 Å². The molecule has 0 aromatic carbocycles. The van der Waals surface area contributed by atoms with Crippen LogP contribution in [0.2, 0.25) is 0 Å². The van der Waals surface area contributed by atoms with E-state index >= 15 is 0 Å². The summed E-state index contributed by atoms with van der Waals surface area (Å²) in [6.07, 6.45) is 3.97. The molecule has 0 spiro atoms. The molecule has 2 heterocycles. The molecule has 1 aliphatic rings. The van der Waals surface area contributed by atoms with Gasteiger partial charge >= 0.3 is 0 Å². The number of nitrogen functional groups attached to an aromatic ring is 1. The van der Waals surface area contributed by atoms with Gasteiger partial charge in [0.05, 0.1) is 6.61 Å². The quantitative estimate of drug-likeness (QED) is 0.812. The highest BCUT2D eigenvalue weighted by Crippen LogP contribution is 2.26. The van der Waals surface area contributed by atoms with Gasteiger partial charge in [-0.15, -0.1) is 0 Å². The zero-order valence-electron chi connectivity index (χ0n) is 10.8. The molecule has 0 atom stereocenters. The van der Waals surface area contributed by atoms with Gasteiger partial charge in [0.1, 0.15) is 12.9 Å². The number of nitrogens with zero attached hydrogens (tertiary/aromatic N) is 3. The number of hydrogen-bond acceptors (Lipinski definition) is 6. The summed E-state index contributed by atoms with van der Waals surface area (Å²) in [5.74, 6) is 0.802. The van der Waals surface area contributed by atoms with Crippen LogP contribution >= 0.6 is 0 Å². The van der Waals surface area contributed by atoms with Crippen LogP contribution in [0.4, 0.5) is 5.69 Å². The Balaban J connectivity index is 1.86. The van der Waals surface area contributed by atoms with E-state index in [0.717, 1.165) is 19.6 Å². The van der Waals surface area contributed by atoms with Crippen LogP contribution in [-0.4, -0.2) is 47.7 Å². The number of rotatable bonds is 6. The molecule has 6 heteroatoms. The fraction of sp³-hybridized carbons (Fsp3) is 0.667. The molecule has 1 fully saturated rings. The van der Waals surface area contributed by atoms with Gasteiger partial charge in [-0.05, 0) is 32.9 Å². The summed E-state index contributed by atoms with van der Waals surface area (Å²) in [4.78, 5) is 10.4. The molecular weight excluding hydrogens is 232 g/mol. The molecule has 0 bridgehead atoms. The summed E-state index contributed by atoms with van der Waals surface area (Å²) in [6.45, 7) is 6.23. The highest BCUT2D eigenvalue weighted by Gasteiger charge is 2.13. The topological polar surface area (TPSA) is 73.5 Å². The standard InChI is InChI=1S/C12H20N4O2/c1-2-17-11-10(13)12(15-9-14-11)18-8-7-16-5-3-4-6-16/h9H,2-8,13H2,1H3. The van der Waals surface area contributed by atoms with Crippen molar-refractivity contribution in [1.82, 2.24) is 14.9 Å². The fourth-order valence-electron chi connectivity index (χ4n) is 2.01. The van der Waals surface area contributed by atoms with E-state index in [1.54, 1.807) is 0 Å². The van der Waals surface area contributed by atoms with Crippen molar-refractivity contribution in [3.8, 4) is 11.8 Å². The van der Waals surface area contributed by atoms with Crippen LogP contribution in [0, 0.1) is 0 Å². The number of hydrogen-bond donors (Lipinski definition) is 1. The summed E-state index contributed by atoms with van der Waals surface area (Å²) in [6, 6.07) is 0. The molecule has 1 saturated heterocycles. The van der Waals surface area contributed by atoms with Crippen molar-refractivity contribution in [3.63, 3.8) is 0 Å². The molecule has 2 rings (SSSR count). The molecule has 0 unspecified atom stereocenters. The van der Waals surface area contributed by atoms with Crippen molar-refractivity contribution in [3.05, 3.63) is 6.33 Å². The minimum Gasteiger partial charge on any atom is -0.476 e. The van der Waals surface area contributed by atoms with E-state index in [9.17, 15) is 0 Å². The van der Waals surface area contributed by atoms with E-state index in [0.29, 0.717) is 30.7 Å². The van der Waals surface area contributed by atoms with Gasteiger partial charge in [-0.1, -0.05) is 0 Å². The van der Waals surface area contributed by atoms with Gasteiger partial charge in [-0.3, -0.25) is 4.90 Å². The van der Waals surface area contributed by atoms with Crippen molar-refractivity contribution >= 4 is 5.69 Å². The Kier molecular flexibility index (Phi) is 4.58. The van der Waals surface area contributed by atoms with Crippen LogP contribution in [-0.2, 0) is 0 Å². The fourth-order valence-corrected chi connectivity index (χ4v) is 2.01. The Labute approximate surface area is 107 Å². The zero-order valence-corrected chi connectivity index (χ0v) is 10.8. The van der Waals surface area contributed by atoms with Crippen molar-refractivity contribution in [2.24, 2.45) is 0 Å². The average molecular weight is 252 g/mol. The second-order valence-corrected chi connectivity index (χ2v) is 4.23. The van der Waals surface area contributed by atoms with E-state index < -0.39 is 0 Å². The van der Waals surface area contributed by atoms with E-state index in [-0.39, 0.29) is 0 Å². The second-order valence-electron chi connectivity index (χ2n) is 4.23. The third-order valence-corrected chi connectivity index (χ3v) is 2.94. The van der Waals surface area contributed by atoms with E-state index in [4.69, 9.17) is 15.2 Å². The highest BCUT2D eigenvalue weighted by molar-refractivity contribution is 5.55. The normalized spacial score (nSPS) is 15.8. The van der Waals surface area contributed by atoms with Crippen LogP contribution in [0.3, 0.4) is 0 Å². The highest BCUT2D eigenvalue weighted by atomic mass is 16.5. The lowest BCUT2D eigenvalue weighted by Gasteiger charge is -2.15. The summed E-state index contributed by atoms with van der Waals surface area (Å²) < 4.78 is 10.9. The summed E-state index contributed by atoms with van der Waals surface area (Å²) in [5.41, 5.74) is 6.25. The largest absolute Gasteiger partial charge is 0.476 e. The Morgan fingerprint density at radius 3 is 2.56 bits per heavy atom. The maximum absolute atomic E-state index is 5.88. The van der Waals surface area contributed by atoms with Gasteiger partial charge in [0.15, 0.2) is 5.69 Å². The van der Waals surface area contributed by atoms with Gasteiger partial charge < -0.3 is 15.2 Å². The Hall–Kier alpha value is -1.56. The monoisotopic (exact) mass is 252 g/mol. The molecule has 0 radical (unpaired) electrons. The number of anilines is 1. The molecule has 1 aromatic rings. The van der Waals surface area contributed by atoms with E-state index in [1.807, 2.05) is 6.92 Å². The molecule has 100 valence electrons. The second kappa shape index (κ2) is 6.39. The summed E-state index contributed by atoms with van der Waals surface area (Å²) >= 11 is 0. The van der Waals surface area contributed by atoms with Crippen molar-refractivity contribution < 1.29 is 9.47 Å². The summed E-state index contributed by atoms with van der Waals surface area (Å²) in [5, 5.41) is 0. The lowest BCUT2D eigenvalue weighted by atomic mass is 10.4. The summed E-state index contributed by atoms with van der Waals surface area (Å²) in [7, 11) is 0. The average Bonchev–Trinajstić information content (AvgIpc) is 2.87. The first-order valence-corrected chi connectivity index (χ1v) is 6.39. The van der Waals surface area contributed by atoms with Gasteiger partial charge in [0, 0.05) is 6.54 Å². The van der Waals surface area contributed by atoms with Gasteiger partial charge in [0.25, 0.3) is 0 Å². The molecule has 6 nitrogen and oxygen atoms in total. The SMILES string of the molecule is CCOc1ncnc(OCCN2CCCC2)c1N. The number of ether oxygens (including phenoxy) is 2. The Morgan fingerprint density at radius 2 is 1.89 bits per heavy atom. The lowest BCUT2D eigenvalue weighted by molar-refractivity contribution is 0.231. The van der Waals surface area contributed by atoms with Crippen LogP contribution < -0.4 is 15.2 Å². The molecule has 1 aliphatic heterocycles. The molecule has 18 heavy (non-hydrogen) atoms. The maximum atomic E-state index is 5.88. The van der Waals surface area contributed by atoms with Crippen molar-refractivity contribution in [2.45, 2.75) is 19.8 Å². The first-order valence-electron chi connectivity index (χ1n) is 6.39. The molecule has 2 N–H and O–H groups in total. The first kappa shape index (κ1) is 12.9. The first-order chi connectivity index (χ1) is 8.81. The number of likely N-dealkylation sites (tertiary alicyclic amines) is 1. The molecular formula is C12H20N4O2. The third-order valence-electron chi connectivity index (χ3n) is 2.94. The minimum absolute atomic E-state index is 0.376. The van der Waals surface area contributed by atoms with E-state index in [2.05, 4.69) is 14.9 Å². The Bertz CT molecular complexity index is 380. The van der Waals surface area contributed by atoms with Crippen molar-refractivity contribution in [2.75, 3.05) is 38.6 Å². The van der Waals surface area contributed by atoms with Gasteiger partial charge in [-0.25, -0.2) is 0 Å². The number of aromatic nitrogens is 2. The van der Waals surface area contributed by atoms with Crippen LogP contribution in [0.25, 0.3) is 0 Å². The lowest BCUT2D eigenvalue weighted by Crippen LogP contribution is -2.25. The molecule has 0 amide bonds. The molecule has 0 aliphatic carbocycles. The van der Waals surface area contributed by atoms with E-state index in [1.165, 1.54) is 19.2 Å². The number of nitrogens with two attached hydrogens (primary N) is 1. The molecule has 0 saturated carbocycles. The van der Waals surface area contributed by atoms with Crippen LogP contribution in [0.1, 0.15) is 19.8 Å². The van der Waals surface area contributed by atoms with Gasteiger partial charge in [-0.2, -0.15) is 9.97 Å². The molecule has 1 aromatic heterocycles. The predicted octanol–water partition coefficient (Wildman–Crippen LogP) is 0.932. The smallest absolute Gasteiger partial charge is 0.244 e. The minimum atomic E-state index is 0.376.